The van der Waals surface area contributed by atoms with E-state index in [4.69, 9.17) is 0 Å². The predicted octanol–water partition coefficient (Wildman–Crippen LogP) is 3.69. The first-order valence-electron chi connectivity index (χ1n) is 8.49. The average molecular weight is 319 g/mol. The summed E-state index contributed by atoms with van der Waals surface area (Å²) in [6.07, 6.45) is 2.66. The maximum absolute atomic E-state index is 4.01. The average Bonchev–Trinajstić information content (AvgIpc) is 3.35. The van der Waals surface area contributed by atoms with Gasteiger partial charge in [0, 0.05) is 11.6 Å². The van der Waals surface area contributed by atoms with Crippen LogP contribution in [0.3, 0.4) is 0 Å². The highest BCUT2D eigenvalue weighted by Gasteiger charge is 2.19. The molecule has 5 nitrogen and oxygen atoms in total. The van der Waals surface area contributed by atoms with E-state index in [-0.39, 0.29) is 0 Å². The summed E-state index contributed by atoms with van der Waals surface area (Å²) in [7, 11) is 0. The number of nitrogens with one attached hydrogen (secondary N) is 1. The van der Waals surface area contributed by atoms with E-state index in [1.165, 1.54) is 42.6 Å². The van der Waals surface area contributed by atoms with Crippen LogP contribution in [0.15, 0.2) is 48.5 Å². The van der Waals surface area contributed by atoms with Gasteiger partial charge in [-0.25, -0.2) is 0 Å². The van der Waals surface area contributed by atoms with Gasteiger partial charge in [-0.05, 0) is 54.8 Å². The van der Waals surface area contributed by atoms with Gasteiger partial charge in [0.1, 0.15) is 0 Å². The first-order chi connectivity index (χ1) is 11.8. The summed E-state index contributed by atoms with van der Waals surface area (Å²) in [6, 6.07) is 17.7. The number of aromatic amines is 1. The molecule has 0 unspecified atom stereocenters. The van der Waals surface area contributed by atoms with Gasteiger partial charge < -0.3 is 0 Å². The van der Waals surface area contributed by atoms with Crippen molar-refractivity contribution in [1.82, 2.24) is 25.5 Å². The third-order valence-electron chi connectivity index (χ3n) is 4.90. The molecule has 1 N–H and O–H groups in total. The molecular formula is C19H21N5. The van der Waals surface area contributed by atoms with Crippen molar-refractivity contribution in [2.45, 2.75) is 25.8 Å². The summed E-state index contributed by atoms with van der Waals surface area (Å²) >= 11 is 0. The van der Waals surface area contributed by atoms with Gasteiger partial charge in [0.05, 0.1) is 0 Å². The quantitative estimate of drug-likeness (QED) is 0.797. The Morgan fingerprint density at radius 1 is 0.875 bits per heavy atom. The minimum Gasteiger partial charge on any atom is -0.297 e. The molecule has 0 aliphatic carbocycles. The Morgan fingerprint density at radius 3 is 2.04 bits per heavy atom. The molecule has 3 aromatic rings. The van der Waals surface area contributed by atoms with Crippen LogP contribution in [0.5, 0.6) is 0 Å². The van der Waals surface area contributed by atoms with Crippen LogP contribution in [0.25, 0.3) is 22.5 Å². The normalized spacial score (nSPS) is 16.4. The summed E-state index contributed by atoms with van der Waals surface area (Å²) < 4.78 is 0. The lowest BCUT2D eigenvalue weighted by Gasteiger charge is -2.24. The number of benzene rings is 2. The molecule has 0 bridgehead atoms. The molecule has 5 heteroatoms. The summed E-state index contributed by atoms with van der Waals surface area (Å²) in [4.78, 5) is 2.56. The highest BCUT2D eigenvalue weighted by atomic mass is 15.5. The minimum atomic E-state index is 0.502. The van der Waals surface area contributed by atoms with Crippen LogP contribution < -0.4 is 0 Å². The number of H-pyrrole nitrogens is 1. The Kier molecular flexibility index (Phi) is 4.09. The fourth-order valence-corrected chi connectivity index (χ4v) is 3.39. The molecule has 1 aromatic heterocycles. The molecule has 1 aliphatic heterocycles. The Hall–Kier alpha value is -2.53. The first kappa shape index (κ1) is 15.0. The van der Waals surface area contributed by atoms with Crippen molar-refractivity contribution in [2.75, 3.05) is 13.1 Å². The Morgan fingerprint density at radius 2 is 1.46 bits per heavy atom. The summed E-state index contributed by atoms with van der Waals surface area (Å²) in [5.41, 5.74) is 4.78. The van der Waals surface area contributed by atoms with E-state index in [2.05, 4.69) is 68.8 Å². The van der Waals surface area contributed by atoms with Gasteiger partial charge >= 0.3 is 0 Å². The van der Waals surface area contributed by atoms with Gasteiger partial charge in [-0.2, -0.15) is 5.21 Å². The third kappa shape index (κ3) is 2.95. The molecule has 4 rings (SSSR count). The second-order valence-corrected chi connectivity index (χ2v) is 6.35. The van der Waals surface area contributed by atoms with Crippen molar-refractivity contribution in [3.8, 4) is 22.5 Å². The lowest BCUT2D eigenvalue weighted by atomic mass is 10.00. The number of rotatable bonds is 4. The van der Waals surface area contributed by atoms with E-state index >= 15 is 0 Å². The van der Waals surface area contributed by atoms with Crippen molar-refractivity contribution < 1.29 is 0 Å². The van der Waals surface area contributed by atoms with Crippen LogP contribution >= 0.6 is 0 Å². The molecule has 1 atom stereocenters. The van der Waals surface area contributed by atoms with Gasteiger partial charge in [0.2, 0.25) is 5.82 Å². The molecule has 0 radical (unpaired) electrons. The fraction of sp³-hybridized carbons (Fsp3) is 0.316. The zero-order valence-corrected chi connectivity index (χ0v) is 13.8. The van der Waals surface area contributed by atoms with Gasteiger partial charge in [-0.1, -0.05) is 48.5 Å². The van der Waals surface area contributed by atoms with E-state index < -0.39 is 0 Å². The van der Waals surface area contributed by atoms with Crippen molar-refractivity contribution in [3.63, 3.8) is 0 Å². The van der Waals surface area contributed by atoms with E-state index in [1.807, 2.05) is 12.1 Å². The van der Waals surface area contributed by atoms with Crippen LogP contribution in [0.4, 0.5) is 0 Å². The van der Waals surface area contributed by atoms with Gasteiger partial charge in [0.15, 0.2) is 0 Å². The van der Waals surface area contributed by atoms with Crippen LogP contribution in [0, 0.1) is 0 Å². The highest BCUT2D eigenvalue weighted by Crippen LogP contribution is 2.28. The van der Waals surface area contributed by atoms with Gasteiger partial charge in [-0.3, -0.25) is 4.90 Å². The van der Waals surface area contributed by atoms with E-state index in [1.54, 1.807) is 0 Å². The van der Waals surface area contributed by atoms with E-state index in [0.29, 0.717) is 11.9 Å². The second kappa shape index (κ2) is 6.53. The third-order valence-corrected chi connectivity index (χ3v) is 4.90. The number of likely N-dealkylation sites (tertiary alicyclic amines) is 1. The van der Waals surface area contributed by atoms with Crippen LogP contribution in [-0.4, -0.2) is 38.6 Å². The number of hydrogen-bond donors (Lipinski definition) is 1. The van der Waals surface area contributed by atoms with E-state index in [9.17, 15) is 0 Å². The zero-order valence-electron chi connectivity index (χ0n) is 13.8. The minimum absolute atomic E-state index is 0.502. The van der Waals surface area contributed by atoms with Crippen LogP contribution in [0.2, 0.25) is 0 Å². The van der Waals surface area contributed by atoms with Crippen LogP contribution in [-0.2, 0) is 0 Å². The summed E-state index contributed by atoms with van der Waals surface area (Å²) in [5.74, 6) is 0.622. The molecule has 1 fully saturated rings. The second-order valence-electron chi connectivity index (χ2n) is 6.35. The Balaban J connectivity index is 1.52. The Labute approximate surface area is 141 Å². The molecule has 0 amide bonds. The number of hydrogen-bond acceptors (Lipinski definition) is 4. The molecule has 122 valence electrons. The van der Waals surface area contributed by atoms with Crippen molar-refractivity contribution in [1.29, 1.82) is 0 Å². The number of aromatic nitrogens is 4. The molecule has 0 saturated carbocycles. The van der Waals surface area contributed by atoms with Crippen molar-refractivity contribution in [3.05, 3.63) is 54.1 Å². The number of nitrogens with zero attached hydrogens (tertiary/aromatic N) is 4. The highest BCUT2D eigenvalue weighted by molar-refractivity contribution is 5.67. The molecule has 1 aliphatic rings. The first-order valence-corrected chi connectivity index (χ1v) is 8.49. The fourth-order valence-electron chi connectivity index (χ4n) is 3.39. The predicted molar refractivity (Wildman–Crippen MR) is 94.3 cm³/mol. The topological polar surface area (TPSA) is 57.7 Å². The zero-order chi connectivity index (χ0) is 16.4. The lowest BCUT2D eigenvalue weighted by Crippen LogP contribution is -2.23. The summed E-state index contributed by atoms with van der Waals surface area (Å²) in [6.45, 7) is 4.75. The number of tetrazole rings is 1. The van der Waals surface area contributed by atoms with Gasteiger partial charge in [0.25, 0.3) is 0 Å². The lowest BCUT2D eigenvalue weighted by molar-refractivity contribution is 0.263. The SMILES string of the molecule is C[C@H](c1ccc(-c2ccc(-c3nn[nH]n3)cc2)cc1)N1CCCC1. The standard InChI is InChI=1S/C19H21N5/c1-14(24-12-2-3-13-24)15-4-6-16(7-5-15)17-8-10-18(11-9-17)19-20-22-23-21-19/h4-11,14H,2-3,12-13H2,1H3,(H,20,21,22,23)/t14-/m1/s1. The molecular weight excluding hydrogens is 298 g/mol. The maximum Gasteiger partial charge on any atom is 0.204 e. The maximum atomic E-state index is 4.01. The molecule has 0 spiro atoms. The molecule has 1 saturated heterocycles. The summed E-state index contributed by atoms with van der Waals surface area (Å²) in [5, 5.41) is 14.1. The van der Waals surface area contributed by atoms with E-state index in [0.717, 1.165) is 5.56 Å². The van der Waals surface area contributed by atoms with Crippen molar-refractivity contribution >= 4 is 0 Å². The molecule has 24 heavy (non-hydrogen) atoms. The molecule has 2 aromatic carbocycles. The van der Waals surface area contributed by atoms with Crippen molar-refractivity contribution in [2.24, 2.45) is 0 Å². The van der Waals surface area contributed by atoms with Gasteiger partial charge in [-0.15, -0.1) is 10.2 Å². The smallest absolute Gasteiger partial charge is 0.204 e. The molecule has 2 heterocycles. The monoisotopic (exact) mass is 319 g/mol. The van der Waals surface area contributed by atoms with Crippen LogP contribution in [0.1, 0.15) is 31.4 Å². The largest absolute Gasteiger partial charge is 0.297 e. The Bertz CT molecular complexity index is 772.